The van der Waals surface area contributed by atoms with E-state index < -0.39 is 16.0 Å². The van der Waals surface area contributed by atoms with Crippen LogP contribution in [0.25, 0.3) is 22.0 Å². The standard InChI is InChI=1S/C29H31N5O8S/c1-16(2)42-21-9-18(28(35)39-4)8-19(11-21)32-26-22-7-6-17(23-12-31-29(40-5)33-27(23)38-3)10-24(22)30-13-25(26)43(36,37)34-20-14-41-15-20/h6-13,16,20,34H,14-15H2,1-5H3,(H,30,32). The van der Waals surface area contributed by atoms with E-state index in [9.17, 15) is 13.2 Å². The van der Waals surface area contributed by atoms with Gasteiger partial charge in [-0.2, -0.15) is 4.98 Å². The Morgan fingerprint density at radius 1 is 1.02 bits per heavy atom. The van der Waals surface area contributed by atoms with Crippen molar-refractivity contribution in [2.75, 3.05) is 39.9 Å². The molecule has 14 heteroatoms. The number of carbonyl (C=O) groups is 1. The molecule has 0 bridgehead atoms. The van der Waals surface area contributed by atoms with Crippen molar-refractivity contribution in [3.05, 3.63) is 54.4 Å². The van der Waals surface area contributed by atoms with Crippen LogP contribution < -0.4 is 24.2 Å². The third kappa shape index (κ3) is 6.45. The minimum absolute atomic E-state index is 0.0835. The lowest BCUT2D eigenvalue weighted by Crippen LogP contribution is -2.48. The highest BCUT2D eigenvalue weighted by Gasteiger charge is 2.29. The summed E-state index contributed by atoms with van der Waals surface area (Å²) in [4.78, 5) is 25.3. The van der Waals surface area contributed by atoms with Gasteiger partial charge in [-0.1, -0.05) is 12.1 Å². The fourth-order valence-corrected chi connectivity index (χ4v) is 5.78. The maximum Gasteiger partial charge on any atom is 0.338 e. The van der Waals surface area contributed by atoms with Gasteiger partial charge in [0.15, 0.2) is 0 Å². The van der Waals surface area contributed by atoms with Gasteiger partial charge in [-0.15, -0.1) is 0 Å². The van der Waals surface area contributed by atoms with E-state index in [1.54, 1.807) is 42.6 Å². The van der Waals surface area contributed by atoms with Crippen molar-refractivity contribution >= 4 is 38.3 Å². The van der Waals surface area contributed by atoms with Crippen LogP contribution in [-0.4, -0.2) is 76.0 Å². The molecule has 0 aliphatic carbocycles. The molecule has 1 fully saturated rings. The van der Waals surface area contributed by atoms with Crippen LogP contribution in [0.15, 0.2) is 53.7 Å². The number of rotatable bonds is 11. The van der Waals surface area contributed by atoms with Gasteiger partial charge < -0.3 is 29.0 Å². The van der Waals surface area contributed by atoms with Crippen LogP contribution in [-0.2, 0) is 19.5 Å². The van der Waals surface area contributed by atoms with Crippen molar-refractivity contribution in [2.24, 2.45) is 0 Å². The van der Waals surface area contributed by atoms with Gasteiger partial charge in [-0.25, -0.2) is 22.9 Å². The Kier molecular flexibility index (Phi) is 8.62. The predicted molar refractivity (Wildman–Crippen MR) is 158 cm³/mol. The molecule has 4 aromatic rings. The highest BCUT2D eigenvalue weighted by Crippen LogP contribution is 2.37. The van der Waals surface area contributed by atoms with Gasteiger partial charge in [0.2, 0.25) is 15.9 Å². The number of aromatic nitrogens is 3. The summed E-state index contributed by atoms with van der Waals surface area (Å²) < 4.78 is 56.3. The Hall–Kier alpha value is -4.53. The lowest BCUT2D eigenvalue weighted by atomic mass is 10.0. The molecule has 0 saturated carbocycles. The number of sulfonamides is 1. The minimum atomic E-state index is -4.04. The van der Waals surface area contributed by atoms with Crippen molar-refractivity contribution in [1.82, 2.24) is 19.7 Å². The molecule has 3 heterocycles. The summed E-state index contributed by atoms with van der Waals surface area (Å²) in [5, 5.41) is 3.72. The molecule has 1 aliphatic heterocycles. The number of nitrogens with one attached hydrogen (secondary N) is 2. The van der Waals surface area contributed by atoms with Crippen LogP contribution in [0.1, 0.15) is 24.2 Å². The van der Waals surface area contributed by atoms with E-state index in [4.69, 9.17) is 23.7 Å². The third-order valence-corrected chi connectivity index (χ3v) is 8.00. The molecule has 2 aromatic heterocycles. The summed E-state index contributed by atoms with van der Waals surface area (Å²) in [5.74, 6) is 0.131. The number of hydrogen-bond acceptors (Lipinski definition) is 12. The lowest BCUT2D eigenvalue weighted by Gasteiger charge is -2.27. The zero-order chi connectivity index (χ0) is 30.7. The van der Waals surface area contributed by atoms with E-state index in [1.165, 1.54) is 27.5 Å². The average Bonchev–Trinajstić information content (AvgIpc) is 2.97. The monoisotopic (exact) mass is 609 g/mol. The van der Waals surface area contributed by atoms with Crippen molar-refractivity contribution in [2.45, 2.75) is 30.9 Å². The van der Waals surface area contributed by atoms with Gasteiger partial charge in [0.05, 0.1) is 69.0 Å². The second-order valence-electron chi connectivity index (χ2n) is 9.89. The molecule has 1 aliphatic rings. The topological polar surface area (TPSA) is 160 Å². The third-order valence-electron chi connectivity index (χ3n) is 6.47. The molecule has 0 spiro atoms. The maximum absolute atomic E-state index is 13.6. The zero-order valence-corrected chi connectivity index (χ0v) is 25.0. The number of ether oxygens (including phenoxy) is 5. The maximum atomic E-state index is 13.6. The van der Waals surface area contributed by atoms with Crippen molar-refractivity contribution < 1.29 is 36.9 Å². The van der Waals surface area contributed by atoms with Crippen molar-refractivity contribution in [3.8, 4) is 28.8 Å². The summed E-state index contributed by atoms with van der Waals surface area (Å²) >= 11 is 0. The molecule has 43 heavy (non-hydrogen) atoms. The molecule has 13 nitrogen and oxygen atoms in total. The Morgan fingerprint density at radius 3 is 2.47 bits per heavy atom. The predicted octanol–water partition coefficient (Wildman–Crippen LogP) is 3.70. The minimum Gasteiger partial charge on any atom is -0.491 e. The fraction of sp³-hybridized carbons (Fsp3) is 0.310. The van der Waals surface area contributed by atoms with E-state index in [1.807, 2.05) is 13.8 Å². The second-order valence-corrected chi connectivity index (χ2v) is 11.6. The Labute approximate surface area is 248 Å². The Morgan fingerprint density at radius 2 is 1.81 bits per heavy atom. The van der Waals surface area contributed by atoms with Crippen LogP contribution in [0.5, 0.6) is 17.6 Å². The van der Waals surface area contributed by atoms with Crippen LogP contribution in [0.2, 0.25) is 0 Å². The van der Waals surface area contributed by atoms with Gasteiger partial charge in [0.25, 0.3) is 0 Å². The molecular weight excluding hydrogens is 578 g/mol. The molecule has 0 radical (unpaired) electrons. The zero-order valence-electron chi connectivity index (χ0n) is 24.2. The number of carbonyl (C=O) groups excluding carboxylic acids is 1. The lowest BCUT2D eigenvalue weighted by molar-refractivity contribution is 0.00482. The SMILES string of the molecule is COC(=O)c1cc(Nc2c(S(=O)(=O)NC3COC3)cnc3cc(-c4cnc(OC)nc4OC)ccc23)cc(OC(C)C)c1. The van der Waals surface area contributed by atoms with Crippen LogP contribution in [0, 0.1) is 0 Å². The van der Waals surface area contributed by atoms with Gasteiger partial charge in [0, 0.05) is 29.5 Å². The van der Waals surface area contributed by atoms with Crippen molar-refractivity contribution in [1.29, 1.82) is 0 Å². The van der Waals surface area contributed by atoms with Gasteiger partial charge in [-0.3, -0.25) is 4.98 Å². The summed E-state index contributed by atoms with van der Waals surface area (Å²) in [6.45, 7) is 4.26. The number of benzene rings is 2. The van der Waals surface area contributed by atoms with Crippen LogP contribution in [0.4, 0.5) is 11.4 Å². The number of anilines is 2. The number of esters is 1. The largest absolute Gasteiger partial charge is 0.491 e. The first-order valence-electron chi connectivity index (χ1n) is 13.3. The summed E-state index contributed by atoms with van der Waals surface area (Å²) in [6.07, 6.45) is 2.68. The second kappa shape index (κ2) is 12.4. The smallest absolute Gasteiger partial charge is 0.338 e. The van der Waals surface area contributed by atoms with Crippen molar-refractivity contribution in [3.63, 3.8) is 0 Å². The van der Waals surface area contributed by atoms with E-state index in [2.05, 4.69) is 25.0 Å². The van der Waals surface area contributed by atoms with E-state index in [0.717, 1.165) is 0 Å². The van der Waals surface area contributed by atoms with Crippen LogP contribution >= 0.6 is 0 Å². The Bertz CT molecular complexity index is 1780. The molecule has 2 aromatic carbocycles. The van der Waals surface area contributed by atoms with Gasteiger partial charge in [0.1, 0.15) is 10.6 Å². The number of pyridine rings is 1. The molecule has 2 N–H and O–H groups in total. The first kappa shape index (κ1) is 29.9. The summed E-state index contributed by atoms with van der Waals surface area (Å²) in [5.41, 5.74) is 2.64. The average molecular weight is 610 g/mol. The number of hydrogen-bond donors (Lipinski definition) is 2. The highest BCUT2D eigenvalue weighted by molar-refractivity contribution is 7.89. The van der Waals surface area contributed by atoms with Gasteiger partial charge in [-0.05, 0) is 37.6 Å². The van der Waals surface area contributed by atoms with E-state index >= 15 is 0 Å². The molecule has 0 amide bonds. The Balaban J connectivity index is 1.66. The highest BCUT2D eigenvalue weighted by atomic mass is 32.2. The molecule has 0 unspecified atom stereocenters. The molecule has 1 saturated heterocycles. The van der Waals surface area contributed by atoms with Gasteiger partial charge >= 0.3 is 12.0 Å². The first-order valence-corrected chi connectivity index (χ1v) is 14.8. The molecular formula is C29H31N5O8S. The van der Waals surface area contributed by atoms with E-state index in [-0.39, 0.29) is 47.5 Å². The normalized spacial score (nSPS) is 13.4. The van der Waals surface area contributed by atoms with Crippen LogP contribution in [0.3, 0.4) is 0 Å². The molecule has 0 atom stereocenters. The summed E-state index contributed by atoms with van der Waals surface area (Å²) in [6, 6.07) is 9.89. The summed E-state index contributed by atoms with van der Waals surface area (Å²) in [7, 11) is 0.193. The fourth-order valence-electron chi connectivity index (χ4n) is 4.46. The number of fused-ring (bicyclic) bond motifs is 1. The molecule has 5 rings (SSSR count). The quantitative estimate of drug-likeness (QED) is 0.238. The number of methoxy groups -OCH3 is 3. The first-order chi connectivity index (χ1) is 20.6. The van der Waals surface area contributed by atoms with E-state index in [0.29, 0.717) is 39.3 Å². The number of nitrogens with zero attached hydrogens (tertiary/aromatic N) is 3. The molecule has 226 valence electrons.